The molecule has 1 atom stereocenters. The highest BCUT2D eigenvalue weighted by molar-refractivity contribution is 7.92. The van der Waals surface area contributed by atoms with Crippen molar-refractivity contribution in [2.75, 3.05) is 22.7 Å². The van der Waals surface area contributed by atoms with Gasteiger partial charge in [-0.05, 0) is 37.1 Å². The van der Waals surface area contributed by atoms with Crippen molar-refractivity contribution < 1.29 is 22.0 Å². The highest BCUT2D eigenvalue weighted by atomic mass is 32.2. The SMILES string of the molecule is CC(C)C(=O)NC1CCCN(c2ccc(S(=O)(=O)Nc3ccc(F)c(F)c3)cn2)C1. The van der Waals surface area contributed by atoms with E-state index in [2.05, 4.69) is 15.0 Å². The Labute approximate surface area is 174 Å². The molecule has 1 aliphatic heterocycles. The first-order valence-electron chi connectivity index (χ1n) is 9.65. The van der Waals surface area contributed by atoms with Crippen LogP contribution in [0, 0.1) is 17.6 Å². The summed E-state index contributed by atoms with van der Waals surface area (Å²) >= 11 is 0. The van der Waals surface area contributed by atoms with Crippen LogP contribution >= 0.6 is 0 Å². The van der Waals surface area contributed by atoms with E-state index in [1.165, 1.54) is 12.3 Å². The van der Waals surface area contributed by atoms with E-state index < -0.39 is 21.7 Å². The predicted molar refractivity (Wildman–Crippen MR) is 110 cm³/mol. The van der Waals surface area contributed by atoms with Crippen LogP contribution in [-0.2, 0) is 14.8 Å². The van der Waals surface area contributed by atoms with Crippen LogP contribution in [-0.4, -0.2) is 38.4 Å². The van der Waals surface area contributed by atoms with E-state index >= 15 is 0 Å². The van der Waals surface area contributed by atoms with Gasteiger partial charge in [-0.1, -0.05) is 13.8 Å². The van der Waals surface area contributed by atoms with Gasteiger partial charge in [0.2, 0.25) is 5.91 Å². The molecule has 1 fully saturated rings. The van der Waals surface area contributed by atoms with E-state index in [0.717, 1.165) is 37.6 Å². The number of hydrogen-bond acceptors (Lipinski definition) is 5. The van der Waals surface area contributed by atoms with Crippen molar-refractivity contribution in [2.45, 2.75) is 37.6 Å². The number of anilines is 2. The zero-order chi connectivity index (χ0) is 21.9. The summed E-state index contributed by atoms with van der Waals surface area (Å²) in [5.41, 5.74) is -0.0854. The average Bonchev–Trinajstić information content (AvgIpc) is 2.71. The Hall–Kier alpha value is -2.75. The van der Waals surface area contributed by atoms with E-state index in [1.54, 1.807) is 6.07 Å². The monoisotopic (exact) mass is 438 g/mol. The standard InChI is InChI=1S/C20H24F2N4O3S/c1-13(2)20(27)24-15-4-3-9-26(12-15)19-8-6-16(11-23-19)30(28,29)25-14-5-7-17(21)18(22)10-14/h5-8,10-11,13,15,25H,3-4,9,12H2,1-2H3,(H,24,27). The fourth-order valence-electron chi connectivity index (χ4n) is 3.16. The summed E-state index contributed by atoms with van der Waals surface area (Å²) in [6.45, 7) is 5.01. The van der Waals surface area contributed by atoms with Crippen LogP contribution < -0.4 is 14.9 Å². The van der Waals surface area contributed by atoms with Gasteiger partial charge in [-0.25, -0.2) is 22.2 Å². The molecule has 1 aliphatic rings. The van der Waals surface area contributed by atoms with Crippen LogP contribution in [0.25, 0.3) is 0 Å². The zero-order valence-electron chi connectivity index (χ0n) is 16.7. The molecule has 0 bridgehead atoms. The van der Waals surface area contributed by atoms with E-state index in [1.807, 2.05) is 18.7 Å². The van der Waals surface area contributed by atoms with Crippen LogP contribution in [0.15, 0.2) is 41.4 Å². The first kappa shape index (κ1) is 21.9. The van der Waals surface area contributed by atoms with Crippen molar-refractivity contribution >= 4 is 27.4 Å². The summed E-state index contributed by atoms with van der Waals surface area (Å²) < 4.78 is 53.5. The molecule has 0 aliphatic carbocycles. The normalized spacial score (nSPS) is 17.1. The number of pyridine rings is 1. The van der Waals surface area contributed by atoms with Crippen molar-refractivity contribution in [1.29, 1.82) is 0 Å². The van der Waals surface area contributed by atoms with Gasteiger partial charge in [0.25, 0.3) is 10.0 Å². The molecule has 1 aromatic heterocycles. The lowest BCUT2D eigenvalue weighted by Crippen LogP contribution is -2.49. The van der Waals surface area contributed by atoms with Crippen molar-refractivity contribution in [2.24, 2.45) is 5.92 Å². The molecule has 2 heterocycles. The van der Waals surface area contributed by atoms with Crippen molar-refractivity contribution in [1.82, 2.24) is 10.3 Å². The summed E-state index contributed by atoms with van der Waals surface area (Å²) in [5.74, 6) is -1.70. The number of nitrogens with zero attached hydrogens (tertiary/aromatic N) is 2. The summed E-state index contributed by atoms with van der Waals surface area (Å²) in [6, 6.07) is 5.76. The highest BCUT2D eigenvalue weighted by Gasteiger charge is 2.24. The molecule has 1 amide bonds. The average molecular weight is 439 g/mol. The van der Waals surface area contributed by atoms with Crippen LogP contribution in [0.4, 0.5) is 20.3 Å². The summed E-state index contributed by atoms with van der Waals surface area (Å²) in [6.07, 6.45) is 2.97. The molecular weight excluding hydrogens is 414 g/mol. The summed E-state index contributed by atoms with van der Waals surface area (Å²) in [4.78, 5) is 18.1. The second-order valence-corrected chi connectivity index (χ2v) is 9.22. The third kappa shape index (κ3) is 5.24. The maximum atomic E-state index is 13.3. The number of piperidine rings is 1. The van der Waals surface area contributed by atoms with Crippen molar-refractivity contribution in [3.8, 4) is 0 Å². The van der Waals surface area contributed by atoms with Crippen molar-refractivity contribution in [3.05, 3.63) is 48.2 Å². The Morgan fingerprint density at radius 3 is 2.60 bits per heavy atom. The topological polar surface area (TPSA) is 91.4 Å². The van der Waals surface area contributed by atoms with Gasteiger partial charge in [0.1, 0.15) is 10.7 Å². The molecule has 3 rings (SSSR count). The van der Waals surface area contributed by atoms with Gasteiger partial charge >= 0.3 is 0 Å². The molecule has 10 heteroatoms. The van der Waals surface area contributed by atoms with E-state index in [-0.39, 0.29) is 28.4 Å². The van der Waals surface area contributed by atoms with Crippen LogP contribution in [0.1, 0.15) is 26.7 Å². The van der Waals surface area contributed by atoms with E-state index in [9.17, 15) is 22.0 Å². The first-order valence-corrected chi connectivity index (χ1v) is 11.1. The molecule has 0 saturated carbocycles. The molecule has 0 radical (unpaired) electrons. The molecule has 162 valence electrons. The Morgan fingerprint density at radius 2 is 1.97 bits per heavy atom. The van der Waals surface area contributed by atoms with Crippen LogP contribution in [0.2, 0.25) is 0 Å². The lowest BCUT2D eigenvalue weighted by Gasteiger charge is -2.34. The number of benzene rings is 1. The number of rotatable bonds is 6. The molecule has 2 aromatic rings. The molecule has 1 saturated heterocycles. The van der Waals surface area contributed by atoms with Gasteiger partial charge < -0.3 is 10.2 Å². The maximum absolute atomic E-state index is 13.3. The molecule has 7 nitrogen and oxygen atoms in total. The molecule has 1 aromatic carbocycles. The second kappa shape index (κ2) is 8.95. The van der Waals surface area contributed by atoms with Gasteiger partial charge in [-0.15, -0.1) is 0 Å². The second-order valence-electron chi connectivity index (χ2n) is 7.53. The first-order chi connectivity index (χ1) is 14.2. The largest absolute Gasteiger partial charge is 0.355 e. The number of amides is 1. The Kier molecular flexibility index (Phi) is 6.55. The summed E-state index contributed by atoms with van der Waals surface area (Å²) in [5, 5.41) is 3.02. The number of carbonyl (C=O) groups excluding carboxylic acids is 1. The molecule has 2 N–H and O–H groups in total. The van der Waals surface area contributed by atoms with Gasteiger partial charge in [-0.3, -0.25) is 9.52 Å². The fourth-order valence-corrected chi connectivity index (χ4v) is 4.16. The number of hydrogen-bond donors (Lipinski definition) is 2. The fraction of sp³-hybridized carbons (Fsp3) is 0.400. The Bertz CT molecular complexity index is 1010. The van der Waals surface area contributed by atoms with Gasteiger partial charge in [0, 0.05) is 37.3 Å². The maximum Gasteiger partial charge on any atom is 0.263 e. The highest BCUT2D eigenvalue weighted by Crippen LogP contribution is 2.22. The van der Waals surface area contributed by atoms with E-state index in [0.29, 0.717) is 12.4 Å². The smallest absolute Gasteiger partial charge is 0.263 e. The molecule has 1 unspecified atom stereocenters. The van der Waals surface area contributed by atoms with E-state index in [4.69, 9.17) is 0 Å². The van der Waals surface area contributed by atoms with Crippen LogP contribution in [0.3, 0.4) is 0 Å². The lowest BCUT2D eigenvalue weighted by molar-refractivity contribution is -0.124. The number of aromatic nitrogens is 1. The van der Waals surface area contributed by atoms with Gasteiger partial charge in [-0.2, -0.15) is 0 Å². The number of carbonyl (C=O) groups is 1. The predicted octanol–water partition coefficient (Wildman–Crippen LogP) is 2.90. The van der Waals surface area contributed by atoms with Crippen molar-refractivity contribution in [3.63, 3.8) is 0 Å². The minimum absolute atomic E-state index is 0.000412. The number of sulfonamides is 1. The number of halogens is 2. The minimum Gasteiger partial charge on any atom is -0.355 e. The number of nitrogens with one attached hydrogen (secondary N) is 2. The van der Waals surface area contributed by atoms with Gasteiger partial charge in [0.05, 0.1) is 5.69 Å². The quantitative estimate of drug-likeness (QED) is 0.724. The third-order valence-corrected chi connectivity index (χ3v) is 6.19. The lowest BCUT2D eigenvalue weighted by atomic mass is 10.0. The Balaban J connectivity index is 1.69. The minimum atomic E-state index is -4.00. The summed E-state index contributed by atoms with van der Waals surface area (Å²) in [7, 11) is -4.00. The van der Waals surface area contributed by atoms with Crippen LogP contribution in [0.5, 0.6) is 0 Å². The molecule has 30 heavy (non-hydrogen) atoms. The third-order valence-electron chi connectivity index (χ3n) is 4.82. The molecular formula is C20H24F2N4O3S. The zero-order valence-corrected chi connectivity index (χ0v) is 17.5. The van der Waals surface area contributed by atoms with Gasteiger partial charge in [0.15, 0.2) is 11.6 Å². The Morgan fingerprint density at radius 1 is 1.20 bits per heavy atom. The molecule has 0 spiro atoms.